The molecule has 0 aliphatic heterocycles. The lowest BCUT2D eigenvalue weighted by atomic mass is 10.1. The zero-order valence-electron chi connectivity index (χ0n) is 12.9. The number of hydrogen-bond donors (Lipinski definition) is 3. The zero-order valence-corrected chi connectivity index (χ0v) is 15.3. The molecule has 0 saturated heterocycles. The van der Waals surface area contributed by atoms with Gasteiger partial charge >= 0.3 is 0 Å². The lowest BCUT2D eigenvalue weighted by molar-refractivity contribution is -0.121. The van der Waals surface area contributed by atoms with Gasteiger partial charge < -0.3 is 16.0 Å². The first-order valence-corrected chi connectivity index (χ1v) is 6.56. The van der Waals surface area contributed by atoms with Crippen molar-refractivity contribution in [2.24, 2.45) is 4.99 Å². The summed E-state index contributed by atoms with van der Waals surface area (Å²) in [6.07, 6.45) is 1.74. The van der Waals surface area contributed by atoms with Gasteiger partial charge in [0.1, 0.15) is 0 Å². The second kappa shape index (κ2) is 9.54. The van der Waals surface area contributed by atoms with Crippen LogP contribution in [0.25, 0.3) is 0 Å². The van der Waals surface area contributed by atoms with Gasteiger partial charge in [0, 0.05) is 18.8 Å². The van der Waals surface area contributed by atoms with Crippen LogP contribution in [0, 0.1) is 0 Å². The highest BCUT2D eigenvalue weighted by molar-refractivity contribution is 14.0. The van der Waals surface area contributed by atoms with E-state index in [0.29, 0.717) is 12.5 Å². The molecule has 0 radical (unpaired) electrons. The van der Waals surface area contributed by atoms with Gasteiger partial charge in [-0.15, -0.1) is 24.0 Å². The third-order valence-electron chi connectivity index (χ3n) is 2.32. The number of halogens is 1. The highest BCUT2D eigenvalue weighted by Crippen LogP contribution is 1.97. The van der Waals surface area contributed by atoms with Gasteiger partial charge in [-0.3, -0.25) is 14.8 Å². The lowest BCUT2D eigenvalue weighted by Crippen LogP contribution is -2.48. The summed E-state index contributed by atoms with van der Waals surface area (Å²) in [6.45, 7) is 6.57. The van der Waals surface area contributed by atoms with Crippen molar-refractivity contribution in [1.29, 1.82) is 0 Å². The van der Waals surface area contributed by atoms with Crippen molar-refractivity contribution < 1.29 is 4.79 Å². The molecule has 1 rings (SSSR count). The SMILES string of the molecule is CN=C(NCC(=O)NC(C)(C)C)NCc1ccccn1.I. The Balaban J connectivity index is 0.00000400. The van der Waals surface area contributed by atoms with Crippen molar-refractivity contribution in [3.05, 3.63) is 30.1 Å². The van der Waals surface area contributed by atoms with Crippen LogP contribution in [0.2, 0.25) is 0 Å². The number of nitrogens with one attached hydrogen (secondary N) is 3. The molecule has 0 aliphatic rings. The van der Waals surface area contributed by atoms with Crippen LogP contribution in [0.5, 0.6) is 0 Å². The van der Waals surface area contributed by atoms with Gasteiger partial charge in [-0.05, 0) is 32.9 Å². The Morgan fingerprint density at radius 1 is 1.29 bits per heavy atom. The Morgan fingerprint density at radius 3 is 2.52 bits per heavy atom. The fourth-order valence-electron chi connectivity index (χ4n) is 1.52. The molecule has 0 spiro atoms. The predicted molar refractivity (Wildman–Crippen MR) is 95.7 cm³/mol. The molecule has 0 saturated carbocycles. The maximum absolute atomic E-state index is 11.7. The number of hydrogen-bond acceptors (Lipinski definition) is 3. The van der Waals surface area contributed by atoms with Crippen LogP contribution in [0.4, 0.5) is 0 Å². The number of rotatable bonds is 4. The molecule has 0 aliphatic carbocycles. The van der Waals surface area contributed by atoms with E-state index in [-0.39, 0.29) is 42.0 Å². The van der Waals surface area contributed by atoms with Crippen LogP contribution in [-0.2, 0) is 11.3 Å². The number of aromatic nitrogens is 1. The Kier molecular flexibility index (Phi) is 8.91. The van der Waals surface area contributed by atoms with Crippen molar-refractivity contribution in [1.82, 2.24) is 20.9 Å². The summed E-state index contributed by atoms with van der Waals surface area (Å²) in [5.41, 5.74) is 0.679. The summed E-state index contributed by atoms with van der Waals surface area (Å²) in [6, 6.07) is 5.72. The molecule has 118 valence electrons. The minimum atomic E-state index is -0.232. The Labute approximate surface area is 143 Å². The van der Waals surface area contributed by atoms with Crippen LogP contribution in [0.15, 0.2) is 29.4 Å². The number of carbonyl (C=O) groups is 1. The maximum Gasteiger partial charge on any atom is 0.239 e. The van der Waals surface area contributed by atoms with Crippen molar-refractivity contribution in [3.8, 4) is 0 Å². The van der Waals surface area contributed by atoms with Crippen LogP contribution in [0.1, 0.15) is 26.5 Å². The summed E-state index contributed by atoms with van der Waals surface area (Å²) >= 11 is 0. The van der Waals surface area contributed by atoms with Gasteiger partial charge in [-0.1, -0.05) is 6.07 Å². The summed E-state index contributed by atoms with van der Waals surface area (Å²) in [4.78, 5) is 19.9. The quantitative estimate of drug-likeness (QED) is 0.401. The van der Waals surface area contributed by atoms with E-state index in [4.69, 9.17) is 0 Å². The Bertz CT molecular complexity index is 456. The molecule has 7 heteroatoms. The van der Waals surface area contributed by atoms with E-state index in [1.165, 1.54) is 0 Å². The standard InChI is InChI=1S/C14H23N5O.HI/c1-14(2,3)19-12(20)10-18-13(15-4)17-9-11-7-5-6-8-16-11;/h5-8H,9-10H2,1-4H3,(H,19,20)(H2,15,17,18);1H. The molecule has 0 atom stereocenters. The molecule has 1 aromatic heterocycles. The fraction of sp³-hybridized carbons (Fsp3) is 0.500. The van der Waals surface area contributed by atoms with Gasteiger partial charge in [0.25, 0.3) is 0 Å². The van der Waals surface area contributed by atoms with Crippen molar-refractivity contribution in [2.45, 2.75) is 32.9 Å². The Morgan fingerprint density at radius 2 is 2.00 bits per heavy atom. The number of pyridine rings is 1. The van der Waals surface area contributed by atoms with E-state index < -0.39 is 0 Å². The first kappa shape index (κ1) is 19.6. The van der Waals surface area contributed by atoms with Crippen LogP contribution in [0.3, 0.4) is 0 Å². The third-order valence-corrected chi connectivity index (χ3v) is 2.32. The molecular formula is C14H24IN5O. The molecule has 1 heterocycles. The normalized spacial score (nSPS) is 11.3. The van der Waals surface area contributed by atoms with Crippen molar-refractivity contribution in [3.63, 3.8) is 0 Å². The fourth-order valence-corrected chi connectivity index (χ4v) is 1.52. The van der Waals surface area contributed by atoms with Gasteiger partial charge in [-0.2, -0.15) is 0 Å². The smallest absolute Gasteiger partial charge is 0.239 e. The summed E-state index contributed by atoms with van der Waals surface area (Å²) in [5.74, 6) is 0.498. The number of amides is 1. The molecule has 3 N–H and O–H groups in total. The highest BCUT2D eigenvalue weighted by atomic mass is 127. The van der Waals surface area contributed by atoms with E-state index in [9.17, 15) is 4.79 Å². The summed E-state index contributed by atoms with van der Waals surface area (Å²) < 4.78 is 0. The molecule has 1 amide bonds. The Hall–Kier alpha value is -1.38. The molecule has 21 heavy (non-hydrogen) atoms. The van der Waals surface area contributed by atoms with Crippen LogP contribution >= 0.6 is 24.0 Å². The zero-order chi connectivity index (χ0) is 15.0. The molecule has 6 nitrogen and oxygen atoms in total. The van der Waals surface area contributed by atoms with Gasteiger partial charge in [0.2, 0.25) is 5.91 Å². The van der Waals surface area contributed by atoms with Crippen molar-refractivity contribution in [2.75, 3.05) is 13.6 Å². The molecule has 0 unspecified atom stereocenters. The third kappa shape index (κ3) is 9.22. The van der Waals surface area contributed by atoms with E-state index in [1.54, 1.807) is 13.2 Å². The molecule has 0 fully saturated rings. The highest BCUT2D eigenvalue weighted by Gasteiger charge is 2.13. The predicted octanol–water partition coefficient (Wildman–Crippen LogP) is 1.28. The number of guanidine groups is 1. The van der Waals surface area contributed by atoms with Gasteiger partial charge in [-0.25, -0.2) is 0 Å². The van der Waals surface area contributed by atoms with E-state index in [2.05, 4.69) is 25.9 Å². The molecule has 0 bridgehead atoms. The largest absolute Gasteiger partial charge is 0.351 e. The topological polar surface area (TPSA) is 78.4 Å². The lowest BCUT2D eigenvalue weighted by Gasteiger charge is -2.21. The average molecular weight is 405 g/mol. The second-order valence-corrected chi connectivity index (χ2v) is 5.40. The number of nitrogens with zero attached hydrogens (tertiary/aromatic N) is 2. The molecule has 0 aromatic carbocycles. The maximum atomic E-state index is 11.7. The average Bonchev–Trinajstić information content (AvgIpc) is 2.38. The molecule has 1 aromatic rings. The van der Waals surface area contributed by atoms with Crippen molar-refractivity contribution >= 4 is 35.8 Å². The molecular weight excluding hydrogens is 381 g/mol. The van der Waals surface area contributed by atoms with Crippen LogP contribution in [-0.4, -0.2) is 36.0 Å². The van der Waals surface area contributed by atoms with E-state index >= 15 is 0 Å². The minimum absolute atomic E-state index is 0. The number of carbonyl (C=O) groups excluding carboxylic acids is 1. The first-order chi connectivity index (χ1) is 9.40. The minimum Gasteiger partial charge on any atom is -0.351 e. The monoisotopic (exact) mass is 405 g/mol. The van der Waals surface area contributed by atoms with E-state index in [0.717, 1.165) is 5.69 Å². The summed E-state index contributed by atoms with van der Waals surface area (Å²) in [7, 11) is 1.66. The number of aliphatic imine (C=N–C) groups is 1. The van der Waals surface area contributed by atoms with Gasteiger partial charge in [0.15, 0.2) is 5.96 Å². The second-order valence-electron chi connectivity index (χ2n) is 5.40. The first-order valence-electron chi connectivity index (χ1n) is 6.56. The van der Waals surface area contributed by atoms with Gasteiger partial charge in [0.05, 0.1) is 18.8 Å². The van der Waals surface area contributed by atoms with Crippen LogP contribution < -0.4 is 16.0 Å². The van der Waals surface area contributed by atoms with E-state index in [1.807, 2.05) is 39.0 Å². The summed E-state index contributed by atoms with van der Waals surface area (Å²) in [5, 5.41) is 8.94.